The number of rotatable bonds is 3. The minimum Gasteiger partial charge on any atom is -0.479 e. The summed E-state index contributed by atoms with van der Waals surface area (Å²) < 4.78 is 19.8. The fourth-order valence-electron chi connectivity index (χ4n) is 2.17. The maximum Gasteiger partial charge on any atom is 0.240 e. The molecule has 3 aromatic rings. The van der Waals surface area contributed by atoms with Crippen LogP contribution in [0.1, 0.15) is 5.56 Å². The molecular weight excluding hydrogens is 261 g/mol. The van der Waals surface area contributed by atoms with Gasteiger partial charge in [0, 0.05) is 23.5 Å². The summed E-state index contributed by atoms with van der Waals surface area (Å²) in [5.74, 6) is 0.0692. The molecule has 1 N–H and O–H groups in total. The van der Waals surface area contributed by atoms with E-state index < -0.39 is 0 Å². The fraction of sp³-hybridized carbons (Fsp3) is 0.143. The Balaban J connectivity index is 2.28. The number of nitrogens with zero attached hydrogens (tertiary/aromatic N) is 3. The highest BCUT2D eigenvalue weighted by Gasteiger charge is 2.17. The largest absolute Gasteiger partial charge is 0.479 e. The van der Waals surface area contributed by atoms with Crippen LogP contribution in [0.4, 0.5) is 4.39 Å². The molecule has 3 rings (SSSR count). The van der Waals surface area contributed by atoms with Gasteiger partial charge < -0.3 is 9.84 Å². The summed E-state index contributed by atoms with van der Waals surface area (Å²) in [4.78, 5) is 4.10. The number of aliphatic hydroxyl groups excluding tert-OH is 1. The van der Waals surface area contributed by atoms with Gasteiger partial charge in [0.1, 0.15) is 11.3 Å². The highest BCUT2D eigenvalue weighted by molar-refractivity contribution is 5.75. The molecule has 0 saturated carbocycles. The molecule has 2 aromatic heterocycles. The first kappa shape index (κ1) is 12.6. The molecule has 0 aliphatic carbocycles. The topological polar surface area (TPSA) is 59.7 Å². The number of methoxy groups -OCH3 is 1. The van der Waals surface area contributed by atoms with Crippen molar-refractivity contribution in [2.75, 3.05) is 7.11 Å². The molecule has 0 bridgehead atoms. The molecule has 0 aliphatic heterocycles. The molecule has 0 saturated heterocycles. The van der Waals surface area contributed by atoms with E-state index in [-0.39, 0.29) is 12.4 Å². The lowest BCUT2D eigenvalue weighted by Gasteiger charge is -2.02. The Hall–Kier alpha value is -2.47. The smallest absolute Gasteiger partial charge is 0.240 e. The molecule has 102 valence electrons. The third kappa shape index (κ3) is 1.90. The second kappa shape index (κ2) is 4.90. The van der Waals surface area contributed by atoms with E-state index in [4.69, 9.17) is 4.74 Å². The van der Waals surface area contributed by atoms with E-state index in [9.17, 15) is 9.50 Å². The summed E-state index contributed by atoms with van der Waals surface area (Å²) in [7, 11) is 1.51. The van der Waals surface area contributed by atoms with Gasteiger partial charge in [0.25, 0.3) is 0 Å². The number of hydrogen-bond donors (Lipinski definition) is 1. The number of fused-ring (bicyclic) bond motifs is 1. The Kier molecular flexibility index (Phi) is 3.08. The van der Waals surface area contributed by atoms with E-state index >= 15 is 0 Å². The normalized spacial score (nSPS) is 10.9. The van der Waals surface area contributed by atoms with Crippen LogP contribution >= 0.6 is 0 Å². The quantitative estimate of drug-likeness (QED) is 0.793. The maximum atomic E-state index is 13.0. The molecule has 0 spiro atoms. The van der Waals surface area contributed by atoms with E-state index in [2.05, 4.69) is 10.1 Å². The van der Waals surface area contributed by atoms with E-state index in [1.54, 1.807) is 29.0 Å². The standard InChI is InChI=1S/C14H12FN3O2/c1-20-14-13-11(8-19)12(17-18(13)7-6-16-14)9-2-4-10(15)5-3-9/h2-7,19H,8H2,1H3. The van der Waals surface area contributed by atoms with Gasteiger partial charge in [0.2, 0.25) is 5.88 Å². The van der Waals surface area contributed by atoms with E-state index in [1.165, 1.54) is 19.2 Å². The van der Waals surface area contributed by atoms with Crippen LogP contribution in [0.2, 0.25) is 0 Å². The summed E-state index contributed by atoms with van der Waals surface area (Å²) in [6, 6.07) is 5.96. The van der Waals surface area contributed by atoms with Gasteiger partial charge in [-0.25, -0.2) is 13.9 Å². The van der Waals surface area contributed by atoms with Crippen molar-refractivity contribution < 1.29 is 14.2 Å². The lowest BCUT2D eigenvalue weighted by atomic mass is 10.1. The molecule has 6 heteroatoms. The lowest BCUT2D eigenvalue weighted by Crippen LogP contribution is -1.95. The number of aromatic nitrogens is 3. The summed E-state index contributed by atoms with van der Waals surface area (Å²) in [5.41, 5.74) is 2.51. The first-order valence-corrected chi connectivity index (χ1v) is 6.01. The zero-order chi connectivity index (χ0) is 14.1. The van der Waals surface area contributed by atoms with Crippen molar-refractivity contribution in [2.45, 2.75) is 6.61 Å². The monoisotopic (exact) mass is 273 g/mol. The second-order valence-electron chi connectivity index (χ2n) is 4.22. The minimum atomic E-state index is -0.317. The number of aliphatic hydroxyl groups is 1. The molecule has 0 atom stereocenters. The molecule has 2 heterocycles. The van der Waals surface area contributed by atoms with E-state index in [1.807, 2.05) is 0 Å². The van der Waals surface area contributed by atoms with Crippen LogP contribution in [0.25, 0.3) is 16.8 Å². The molecule has 0 aliphatic rings. The number of ether oxygens (including phenoxy) is 1. The zero-order valence-electron chi connectivity index (χ0n) is 10.7. The van der Waals surface area contributed by atoms with Crippen LogP contribution < -0.4 is 4.74 Å². The third-order valence-electron chi connectivity index (χ3n) is 3.08. The summed E-state index contributed by atoms with van der Waals surface area (Å²) in [6.45, 7) is -0.210. The maximum absolute atomic E-state index is 13.0. The van der Waals surface area contributed by atoms with Crippen molar-refractivity contribution in [2.24, 2.45) is 0 Å². The summed E-state index contributed by atoms with van der Waals surface area (Å²) >= 11 is 0. The van der Waals surface area contributed by atoms with Gasteiger partial charge in [-0.15, -0.1) is 0 Å². The third-order valence-corrected chi connectivity index (χ3v) is 3.08. The predicted molar refractivity (Wildman–Crippen MR) is 70.9 cm³/mol. The molecule has 20 heavy (non-hydrogen) atoms. The van der Waals surface area contributed by atoms with Crippen molar-refractivity contribution in [1.82, 2.24) is 14.6 Å². The minimum absolute atomic E-state index is 0.210. The van der Waals surface area contributed by atoms with Crippen LogP contribution in [0.5, 0.6) is 5.88 Å². The summed E-state index contributed by atoms with van der Waals surface area (Å²) in [6.07, 6.45) is 3.23. The Morgan fingerprint density at radius 2 is 2.05 bits per heavy atom. The van der Waals surface area contributed by atoms with Gasteiger partial charge in [-0.3, -0.25) is 0 Å². The Bertz CT molecular complexity index is 753. The number of hydrogen-bond acceptors (Lipinski definition) is 4. The molecule has 0 unspecified atom stereocenters. The Morgan fingerprint density at radius 1 is 1.30 bits per heavy atom. The van der Waals surface area contributed by atoms with Crippen molar-refractivity contribution >= 4 is 5.52 Å². The van der Waals surface area contributed by atoms with Gasteiger partial charge in [0.15, 0.2) is 0 Å². The Labute approximate surface area is 114 Å². The van der Waals surface area contributed by atoms with Crippen LogP contribution in [-0.2, 0) is 6.61 Å². The van der Waals surface area contributed by atoms with Crippen molar-refractivity contribution in [3.8, 4) is 17.1 Å². The van der Waals surface area contributed by atoms with Gasteiger partial charge in [-0.2, -0.15) is 5.10 Å². The molecular formula is C14H12FN3O2. The predicted octanol–water partition coefficient (Wildman–Crippen LogP) is 2.04. The average molecular weight is 273 g/mol. The molecule has 1 aromatic carbocycles. The van der Waals surface area contributed by atoms with Crippen molar-refractivity contribution in [1.29, 1.82) is 0 Å². The average Bonchev–Trinajstić information content (AvgIpc) is 2.86. The number of benzene rings is 1. The molecule has 0 amide bonds. The van der Waals surface area contributed by atoms with Crippen molar-refractivity contribution in [3.05, 3.63) is 48.0 Å². The highest BCUT2D eigenvalue weighted by Crippen LogP contribution is 2.30. The number of halogens is 1. The van der Waals surface area contributed by atoms with Gasteiger partial charge in [-0.05, 0) is 24.3 Å². The van der Waals surface area contributed by atoms with Crippen LogP contribution in [-0.4, -0.2) is 26.8 Å². The molecule has 0 radical (unpaired) electrons. The van der Waals surface area contributed by atoms with Crippen LogP contribution in [0.15, 0.2) is 36.7 Å². The van der Waals surface area contributed by atoms with E-state index in [0.29, 0.717) is 22.7 Å². The molecule has 0 fully saturated rings. The molecule has 5 nitrogen and oxygen atoms in total. The zero-order valence-corrected chi connectivity index (χ0v) is 10.7. The fourth-order valence-corrected chi connectivity index (χ4v) is 2.17. The van der Waals surface area contributed by atoms with Gasteiger partial charge >= 0.3 is 0 Å². The van der Waals surface area contributed by atoms with Gasteiger partial charge in [-0.1, -0.05) is 0 Å². The lowest BCUT2D eigenvalue weighted by molar-refractivity contribution is 0.283. The van der Waals surface area contributed by atoms with E-state index in [0.717, 1.165) is 5.56 Å². The van der Waals surface area contributed by atoms with Crippen LogP contribution in [0.3, 0.4) is 0 Å². The van der Waals surface area contributed by atoms with Crippen molar-refractivity contribution in [3.63, 3.8) is 0 Å². The van der Waals surface area contributed by atoms with Crippen LogP contribution in [0, 0.1) is 5.82 Å². The Morgan fingerprint density at radius 3 is 2.70 bits per heavy atom. The first-order valence-electron chi connectivity index (χ1n) is 6.01. The second-order valence-corrected chi connectivity index (χ2v) is 4.22. The highest BCUT2D eigenvalue weighted by atomic mass is 19.1. The first-order chi connectivity index (χ1) is 9.74. The SMILES string of the molecule is COc1nccn2nc(-c3ccc(F)cc3)c(CO)c12. The summed E-state index contributed by atoms with van der Waals surface area (Å²) in [5, 5.41) is 14.0. The van der Waals surface area contributed by atoms with Gasteiger partial charge in [0.05, 0.1) is 19.4 Å².